The minimum Gasteiger partial charge on any atom is -0.480 e. The van der Waals surface area contributed by atoms with Crippen LogP contribution in [-0.2, 0) is 4.79 Å². The van der Waals surface area contributed by atoms with Crippen LogP contribution in [0.5, 0.6) is 0 Å². The molecule has 1 saturated carbocycles. The second kappa shape index (κ2) is 6.21. The second-order valence-electron chi connectivity index (χ2n) is 5.15. The first-order valence-corrected chi connectivity index (χ1v) is 6.17. The number of carboxylic acid groups (broad SMARTS) is 1. The summed E-state index contributed by atoms with van der Waals surface area (Å²) in [5.41, 5.74) is 0. The zero-order valence-corrected chi connectivity index (χ0v) is 10.1. The van der Waals surface area contributed by atoms with Crippen LogP contribution >= 0.6 is 0 Å². The van der Waals surface area contributed by atoms with E-state index < -0.39 is 12.0 Å². The Morgan fingerprint density at radius 3 is 2.50 bits per heavy atom. The highest BCUT2D eigenvalue weighted by molar-refractivity contribution is 5.73. The van der Waals surface area contributed by atoms with Gasteiger partial charge < -0.3 is 10.2 Å². The van der Waals surface area contributed by atoms with E-state index in [0.29, 0.717) is 12.3 Å². The molecule has 0 bridgehead atoms. The summed E-state index contributed by atoms with van der Waals surface area (Å²) in [4.78, 5) is 11.1. The van der Waals surface area contributed by atoms with Crippen molar-refractivity contribution in [1.29, 1.82) is 0 Å². The molecule has 4 heteroatoms. The fourth-order valence-corrected chi connectivity index (χ4v) is 2.28. The van der Waals surface area contributed by atoms with E-state index in [2.05, 4.69) is 5.32 Å². The van der Waals surface area contributed by atoms with Gasteiger partial charge in [-0.15, -0.1) is 0 Å². The van der Waals surface area contributed by atoms with Crippen LogP contribution < -0.4 is 5.32 Å². The van der Waals surface area contributed by atoms with Crippen molar-refractivity contribution in [3.05, 3.63) is 0 Å². The van der Waals surface area contributed by atoms with Crippen LogP contribution in [-0.4, -0.2) is 34.4 Å². The first-order valence-electron chi connectivity index (χ1n) is 6.17. The molecule has 1 aliphatic carbocycles. The van der Waals surface area contributed by atoms with E-state index in [1.165, 1.54) is 0 Å². The molecule has 0 aliphatic heterocycles. The molecule has 0 radical (unpaired) electrons. The molecule has 0 heterocycles. The molecule has 3 N–H and O–H groups in total. The molecule has 0 spiro atoms. The van der Waals surface area contributed by atoms with Gasteiger partial charge in [-0.1, -0.05) is 26.7 Å². The molecule has 0 saturated heterocycles. The molecule has 16 heavy (non-hydrogen) atoms. The second-order valence-corrected chi connectivity index (χ2v) is 5.15. The molecule has 3 unspecified atom stereocenters. The van der Waals surface area contributed by atoms with E-state index >= 15 is 0 Å². The number of aliphatic carboxylic acids is 1. The van der Waals surface area contributed by atoms with Gasteiger partial charge in [0.2, 0.25) is 0 Å². The van der Waals surface area contributed by atoms with Crippen LogP contribution in [0.3, 0.4) is 0 Å². The number of aliphatic hydroxyl groups excluding tert-OH is 1. The smallest absolute Gasteiger partial charge is 0.320 e. The van der Waals surface area contributed by atoms with Gasteiger partial charge in [0.05, 0.1) is 6.10 Å². The standard InChI is InChI=1S/C12H23NO3/c1-8(2)7-10(12(15)16)13-9-5-3-4-6-11(9)14/h8-11,13-14H,3-7H2,1-2H3,(H,15,16). The quantitative estimate of drug-likeness (QED) is 0.666. The third-order valence-corrected chi connectivity index (χ3v) is 3.15. The number of aliphatic hydroxyl groups is 1. The van der Waals surface area contributed by atoms with E-state index in [1.807, 2.05) is 13.8 Å². The van der Waals surface area contributed by atoms with Crippen molar-refractivity contribution in [1.82, 2.24) is 5.32 Å². The minimum absolute atomic E-state index is 0.0476. The van der Waals surface area contributed by atoms with Gasteiger partial charge in [0.15, 0.2) is 0 Å². The minimum atomic E-state index is -0.813. The third kappa shape index (κ3) is 4.10. The zero-order chi connectivity index (χ0) is 12.1. The van der Waals surface area contributed by atoms with E-state index in [1.54, 1.807) is 0 Å². The molecule has 1 rings (SSSR count). The lowest BCUT2D eigenvalue weighted by molar-refractivity contribution is -0.140. The van der Waals surface area contributed by atoms with Crippen molar-refractivity contribution >= 4 is 5.97 Å². The monoisotopic (exact) mass is 229 g/mol. The Kier molecular flexibility index (Phi) is 5.22. The van der Waals surface area contributed by atoms with Crippen LogP contribution in [0.15, 0.2) is 0 Å². The maximum atomic E-state index is 11.1. The van der Waals surface area contributed by atoms with E-state index in [0.717, 1.165) is 25.7 Å². The molecule has 1 fully saturated rings. The fraction of sp³-hybridized carbons (Fsp3) is 0.917. The van der Waals surface area contributed by atoms with Gasteiger partial charge in [-0.3, -0.25) is 10.1 Å². The van der Waals surface area contributed by atoms with Gasteiger partial charge in [0.25, 0.3) is 0 Å². The Morgan fingerprint density at radius 1 is 1.38 bits per heavy atom. The predicted molar refractivity (Wildman–Crippen MR) is 62.3 cm³/mol. The number of carboxylic acids is 1. The van der Waals surface area contributed by atoms with Crippen molar-refractivity contribution in [3.63, 3.8) is 0 Å². The molecule has 0 aromatic carbocycles. The molecule has 0 aromatic heterocycles. The summed E-state index contributed by atoms with van der Waals surface area (Å²) in [7, 11) is 0. The Bertz CT molecular complexity index is 230. The van der Waals surface area contributed by atoms with Gasteiger partial charge in [0, 0.05) is 6.04 Å². The summed E-state index contributed by atoms with van der Waals surface area (Å²) >= 11 is 0. The first kappa shape index (κ1) is 13.5. The lowest BCUT2D eigenvalue weighted by Gasteiger charge is -2.31. The molecule has 0 amide bonds. The highest BCUT2D eigenvalue weighted by Crippen LogP contribution is 2.19. The van der Waals surface area contributed by atoms with E-state index in [9.17, 15) is 9.90 Å². The SMILES string of the molecule is CC(C)CC(NC1CCCCC1O)C(=O)O. The predicted octanol–water partition coefficient (Wildman–Crippen LogP) is 1.38. The number of hydrogen-bond acceptors (Lipinski definition) is 3. The molecular formula is C12H23NO3. The van der Waals surface area contributed by atoms with E-state index in [4.69, 9.17) is 5.11 Å². The number of rotatable bonds is 5. The highest BCUT2D eigenvalue weighted by Gasteiger charge is 2.28. The van der Waals surface area contributed by atoms with Crippen LogP contribution in [0.1, 0.15) is 46.0 Å². The van der Waals surface area contributed by atoms with Gasteiger partial charge >= 0.3 is 5.97 Å². The summed E-state index contributed by atoms with van der Waals surface area (Å²) in [6, 6.07) is -0.577. The maximum absolute atomic E-state index is 11.1. The normalized spacial score (nSPS) is 28.0. The Labute approximate surface area is 97.0 Å². The van der Waals surface area contributed by atoms with Crippen LogP contribution in [0.2, 0.25) is 0 Å². The third-order valence-electron chi connectivity index (χ3n) is 3.15. The lowest BCUT2D eigenvalue weighted by Crippen LogP contribution is -2.50. The first-order chi connectivity index (χ1) is 7.50. The topological polar surface area (TPSA) is 69.6 Å². The Balaban J connectivity index is 2.49. The summed E-state index contributed by atoms with van der Waals surface area (Å²) in [5, 5.41) is 22.0. The van der Waals surface area contributed by atoms with Crippen LogP contribution in [0, 0.1) is 5.92 Å². The van der Waals surface area contributed by atoms with Crippen molar-refractivity contribution < 1.29 is 15.0 Å². The van der Waals surface area contributed by atoms with Crippen molar-refractivity contribution in [2.75, 3.05) is 0 Å². The molecular weight excluding hydrogens is 206 g/mol. The lowest BCUT2D eigenvalue weighted by atomic mass is 9.91. The van der Waals surface area contributed by atoms with Gasteiger partial charge in [-0.2, -0.15) is 0 Å². The molecule has 94 valence electrons. The van der Waals surface area contributed by atoms with Gasteiger partial charge in [-0.05, 0) is 25.2 Å². The van der Waals surface area contributed by atoms with Crippen LogP contribution in [0.4, 0.5) is 0 Å². The summed E-state index contributed by atoms with van der Waals surface area (Å²) in [5.74, 6) is -0.471. The summed E-state index contributed by atoms with van der Waals surface area (Å²) < 4.78 is 0. The number of hydrogen-bond donors (Lipinski definition) is 3. The highest BCUT2D eigenvalue weighted by atomic mass is 16.4. The number of carbonyl (C=O) groups is 1. The number of nitrogens with one attached hydrogen (secondary N) is 1. The zero-order valence-electron chi connectivity index (χ0n) is 10.1. The fourth-order valence-electron chi connectivity index (χ4n) is 2.28. The summed E-state index contributed by atoms with van der Waals surface area (Å²) in [6.45, 7) is 4.02. The van der Waals surface area contributed by atoms with Crippen molar-refractivity contribution in [2.45, 2.75) is 64.1 Å². The van der Waals surface area contributed by atoms with Crippen molar-refractivity contribution in [2.24, 2.45) is 5.92 Å². The summed E-state index contributed by atoms with van der Waals surface area (Å²) in [6.07, 6.45) is 4.00. The largest absolute Gasteiger partial charge is 0.480 e. The molecule has 1 aliphatic rings. The average molecular weight is 229 g/mol. The van der Waals surface area contributed by atoms with Crippen molar-refractivity contribution in [3.8, 4) is 0 Å². The molecule has 0 aromatic rings. The van der Waals surface area contributed by atoms with Gasteiger partial charge in [-0.25, -0.2) is 0 Å². The average Bonchev–Trinajstić information content (AvgIpc) is 2.19. The molecule has 3 atom stereocenters. The molecule has 4 nitrogen and oxygen atoms in total. The Morgan fingerprint density at radius 2 is 2.00 bits per heavy atom. The maximum Gasteiger partial charge on any atom is 0.320 e. The Hall–Kier alpha value is -0.610. The van der Waals surface area contributed by atoms with Gasteiger partial charge in [0.1, 0.15) is 6.04 Å². The van der Waals surface area contributed by atoms with E-state index in [-0.39, 0.29) is 12.1 Å². The van der Waals surface area contributed by atoms with Crippen LogP contribution in [0.25, 0.3) is 0 Å².